The fourth-order valence-corrected chi connectivity index (χ4v) is 7.19. The molecule has 1 saturated heterocycles. The van der Waals surface area contributed by atoms with E-state index in [1.165, 1.54) is 35.8 Å². The van der Waals surface area contributed by atoms with Crippen molar-refractivity contribution < 1.29 is 43.0 Å². The van der Waals surface area contributed by atoms with Crippen molar-refractivity contribution in [3.8, 4) is 0 Å². The predicted octanol–water partition coefficient (Wildman–Crippen LogP) is 6.08. The van der Waals surface area contributed by atoms with Crippen LogP contribution in [0.2, 0.25) is 0 Å². The summed E-state index contributed by atoms with van der Waals surface area (Å²) < 4.78 is 18.5. The summed E-state index contributed by atoms with van der Waals surface area (Å²) in [5.74, 6) is -5.90. The topological polar surface area (TPSA) is 140 Å². The number of benzene rings is 3. The number of likely N-dealkylation sites (N-methyl/N-ethyl adjacent to an activating group) is 3. The molecule has 324 valence electrons. The van der Waals surface area contributed by atoms with E-state index >= 15 is 0 Å². The zero-order valence-corrected chi connectivity index (χ0v) is 36.6. The van der Waals surface area contributed by atoms with Gasteiger partial charge in [-0.05, 0) is 36.0 Å². The summed E-state index contributed by atoms with van der Waals surface area (Å²) in [6.07, 6.45) is -2.61. The second-order valence-corrected chi connectivity index (χ2v) is 16.2. The van der Waals surface area contributed by atoms with Crippen LogP contribution in [0.4, 0.5) is 0 Å². The average molecular weight is 826 g/mol. The Hall–Kier alpha value is -5.52. The standard InChI is InChI=1S/C48H63N3O9/c1-10-31(4)40-43(52)49(7)38(29-35-24-18-14-19-25-35)47(56)59-42(33(6)12-3)45(54)51(9)39(30-36-26-20-15-21-27-36)48(57)60-41(32(5)11-2)44(53)50(8)37(46(55)58-40)28-34-22-16-13-17-23-34/h13-27,31-33,37-42H,10-12,28-30H2,1-9H3/t31-,32-,33-,37-,38-,39-,40+,41+,42+/m0/s1. The third-order valence-corrected chi connectivity index (χ3v) is 12.0. The summed E-state index contributed by atoms with van der Waals surface area (Å²) in [5.41, 5.74) is 2.18. The third kappa shape index (κ3) is 11.8. The van der Waals surface area contributed by atoms with Crippen LogP contribution in [0, 0.1) is 17.8 Å². The Labute approximate surface area is 355 Å². The molecule has 60 heavy (non-hydrogen) atoms. The molecule has 0 N–H and O–H groups in total. The highest BCUT2D eigenvalue weighted by molar-refractivity contribution is 5.94. The molecule has 3 aromatic rings. The van der Waals surface area contributed by atoms with Crippen LogP contribution in [0.5, 0.6) is 0 Å². The van der Waals surface area contributed by atoms with Gasteiger partial charge in [0.1, 0.15) is 18.1 Å². The lowest BCUT2D eigenvalue weighted by Crippen LogP contribution is -2.57. The Morgan fingerprint density at radius 1 is 0.417 bits per heavy atom. The number of hydrogen-bond acceptors (Lipinski definition) is 9. The van der Waals surface area contributed by atoms with Crippen LogP contribution in [0.15, 0.2) is 91.0 Å². The van der Waals surface area contributed by atoms with E-state index in [4.69, 9.17) is 14.2 Å². The molecule has 1 aliphatic heterocycles. The number of carbonyl (C=O) groups is 6. The SMILES string of the molecule is CC[C@H](C)[C@H]1OC(=O)[C@H](Cc2ccccc2)N(C)C(=O)[C@@H]([C@@H](C)CC)OC(=O)[C@H](Cc2ccccc2)N(C)C(=O)[C@@H]([C@@H](C)CC)OC(=O)[C@H](Cc2ccccc2)N(C)C1=O. The third-order valence-electron chi connectivity index (χ3n) is 12.0. The number of esters is 3. The highest BCUT2D eigenvalue weighted by atomic mass is 16.6. The molecule has 3 aromatic carbocycles. The molecule has 1 fully saturated rings. The second-order valence-electron chi connectivity index (χ2n) is 16.2. The highest BCUT2D eigenvalue weighted by Crippen LogP contribution is 2.26. The van der Waals surface area contributed by atoms with Crippen molar-refractivity contribution in [3.63, 3.8) is 0 Å². The number of ether oxygens (including phenoxy) is 3. The van der Waals surface area contributed by atoms with Gasteiger partial charge in [-0.25, -0.2) is 14.4 Å². The Morgan fingerprint density at radius 3 is 0.833 bits per heavy atom. The van der Waals surface area contributed by atoms with E-state index in [1.54, 1.807) is 20.8 Å². The van der Waals surface area contributed by atoms with Crippen molar-refractivity contribution in [2.45, 2.75) is 117 Å². The van der Waals surface area contributed by atoms with Gasteiger partial charge in [0, 0.05) is 58.2 Å². The van der Waals surface area contributed by atoms with Gasteiger partial charge in [0.05, 0.1) is 0 Å². The summed E-state index contributed by atoms with van der Waals surface area (Å²) in [6.45, 7) is 10.9. The fraction of sp³-hybridized carbons (Fsp3) is 0.500. The molecule has 0 radical (unpaired) electrons. The van der Waals surface area contributed by atoms with Crippen molar-refractivity contribution in [3.05, 3.63) is 108 Å². The van der Waals surface area contributed by atoms with Crippen LogP contribution >= 0.6 is 0 Å². The number of cyclic esters (lactones) is 3. The van der Waals surface area contributed by atoms with E-state index in [9.17, 15) is 28.8 Å². The van der Waals surface area contributed by atoms with Gasteiger partial charge < -0.3 is 28.9 Å². The summed E-state index contributed by atoms with van der Waals surface area (Å²) in [5, 5.41) is 0. The molecule has 9 atom stereocenters. The van der Waals surface area contributed by atoms with Gasteiger partial charge in [0.25, 0.3) is 17.7 Å². The van der Waals surface area contributed by atoms with Crippen LogP contribution < -0.4 is 0 Å². The smallest absolute Gasteiger partial charge is 0.329 e. The van der Waals surface area contributed by atoms with Gasteiger partial charge >= 0.3 is 17.9 Å². The predicted molar refractivity (Wildman–Crippen MR) is 228 cm³/mol. The van der Waals surface area contributed by atoms with Crippen LogP contribution in [0.3, 0.4) is 0 Å². The van der Waals surface area contributed by atoms with Crippen molar-refractivity contribution in [1.82, 2.24) is 14.7 Å². The normalized spacial score (nSPS) is 24.4. The number of nitrogens with zero attached hydrogens (tertiary/aromatic N) is 3. The first-order valence-electron chi connectivity index (χ1n) is 21.2. The van der Waals surface area contributed by atoms with Crippen LogP contribution in [0.1, 0.15) is 77.5 Å². The fourth-order valence-electron chi connectivity index (χ4n) is 7.19. The van der Waals surface area contributed by atoms with Gasteiger partial charge in [0.15, 0.2) is 18.3 Å². The first-order valence-corrected chi connectivity index (χ1v) is 21.2. The zero-order chi connectivity index (χ0) is 44.1. The summed E-state index contributed by atoms with van der Waals surface area (Å²) in [6, 6.07) is 23.6. The molecule has 1 heterocycles. The molecular weight excluding hydrogens is 763 g/mol. The Balaban J connectivity index is 1.93. The van der Waals surface area contributed by atoms with Crippen molar-refractivity contribution in [2.24, 2.45) is 17.8 Å². The van der Waals surface area contributed by atoms with Gasteiger partial charge in [-0.2, -0.15) is 0 Å². The van der Waals surface area contributed by atoms with Gasteiger partial charge in [0.2, 0.25) is 0 Å². The summed E-state index contributed by atoms with van der Waals surface area (Å²) in [7, 11) is 4.39. The number of amides is 3. The number of hydrogen-bond donors (Lipinski definition) is 0. The van der Waals surface area contributed by atoms with E-state index in [0.29, 0.717) is 19.3 Å². The average Bonchev–Trinajstić information content (AvgIpc) is 3.27. The molecule has 0 bridgehead atoms. The molecule has 3 amide bonds. The molecule has 1 aliphatic rings. The maximum absolute atomic E-state index is 14.7. The zero-order valence-electron chi connectivity index (χ0n) is 36.6. The van der Waals surface area contributed by atoms with Crippen LogP contribution in [-0.4, -0.2) is 108 Å². The Kier molecular flexibility index (Phi) is 17.4. The lowest BCUT2D eigenvalue weighted by molar-refractivity contribution is -0.180. The molecular formula is C48H63N3O9. The van der Waals surface area contributed by atoms with E-state index in [0.717, 1.165) is 16.7 Å². The Morgan fingerprint density at radius 2 is 0.633 bits per heavy atom. The van der Waals surface area contributed by atoms with Gasteiger partial charge in [-0.1, -0.05) is 133 Å². The molecule has 0 spiro atoms. The first-order chi connectivity index (χ1) is 28.6. The number of carbonyl (C=O) groups excluding carboxylic acids is 6. The monoisotopic (exact) mass is 825 g/mol. The maximum Gasteiger partial charge on any atom is 0.329 e. The van der Waals surface area contributed by atoms with Crippen molar-refractivity contribution in [2.75, 3.05) is 21.1 Å². The first kappa shape index (κ1) is 47.2. The molecule has 0 aliphatic carbocycles. The second kappa shape index (κ2) is 22.2. The van der Waals surface area contributed by atoms with Gasteiger partial charge in [-0.15, -0.1) is 0 Å². The quantitative estimate of drug-likeness (QED) is 0.157. The highest BCUT2D eigenvalue weighted by Gasteiger charge is 2.44. The van der Waals surface area contributed by atoms with Crippen LogP contribution in [-0.2, 0) is 62.2 Å². The molecule has 0 unspecified atom stereocenters. The molecule has 0 aromatic heterocycles. The Bertz CT molecular complexity index is 1670. The molecule has 0 saturated carbocycles. The minimum atomic E-state index is -1.35. The minimum absolute atomic E-state index is 0.0359. The summed E-state index contributed by atoms with van der Waals surface area (Å²) in [4.78, 5) is 91.4. The number of rotatable bonds is 12. The largest absolute Gasteiger partial charge is 0.450 e. The van der Waals surface area contributed by atoms with E-state index in [-0.39, 0.29) is 19.3 Å². The van der Waals surface area contributed by atoms with Crippen LogP contribution in [0.25, 0.3) is 0 Å². The molecule has 4 rings (SSSR count). The van der Waals surface area contributed by atoms with E-state index in [1.807, 2.05) is 112 Å². The van der Waals surface area contributed by atoms with Crippen molar-refractivity contribution >= 4 is 35.6 Å². The van der Waals surface area contributed by atoms with E-state index in [2.05, 4.69) is 0 Å². The van der Waals surface area contributed by atoms with Crippen molar-refractivity contribution in [1.29, 1.82) is 0 Å². The maximum atomic E-state index is 14.7. The summed E-state index contributed by atoms with van der Waals surface area (Å²) >= 11 is 0. The minimum Gasteiger partial charge on any atom is -0.450 e. The van der Waals surface area contributed by atoms with Gasteiger partial charge in [-0.3, -0.25) is 14.4 Å². The molecule has 12 nitrogen and oxygen atoms in total. The molecule has 12 heteroatoms. The lowest BCUT2D eigenvalue weighted by Gasteiger charge is -2.37. The van der Waals surface area contributed by atoms with E-state index < -0.39 is 89.8 Å². The lowest BCUT2D eigenvalue weighted by atomic mass is 9.96.